The first-order valence-corrected chi connectivity index (χ1v) is 10.3. The number of rotatable bonds is 3. The molecule has 1 aromatic carbocycles. The van der Waals surface area contributed by atoms with Gasteiger partial charge >= 0.3 is 5.69 Å². The molecule has 1 aliphatic rings. The van der Waals surface area contributed by atoms with Gasteiger partial charge in [0.2, 0.25) is 11.8 Å². The second-order valence-electron chi connectivity index (χ2n) is 6.56. The number of hydrogen-bond acceptors (Lipinski definition) is 6. The van der Waals surface area contributed by atoms with Crippen LogP contribution >= 0.6 is 0 Å². The molecule has 1 saturated heterocycles. The molecule has 0 aliphatic carbocycles. The van der Waals surface area contributed by atoms with E-state index in [4.69, 9.17) is 4.18 Å². The molecule has 28 heavy (non-hydrogen) atoms. The summed E-state index contributed by atoms with van der Waals surface area (Å²) in [6.07, 6.45) is 0.465. The summed E-state index contributed by atoms with van der Waals surface area (Å²) in [6, 6.07) is 4.29. The summed E-state index contributed by atoms with van der Waals surface area (Å²) in [4.78, 5) is 36.5. The molecule has 1 aliphatic heterocycles. The molecule has 2 atom stereocenters. The Morgan fingerprint density at radius 2 is 2.00 bits per heavy atom. The van der Waals surface area contributed by atoms with Crippen LogP contribution in [0.25, 0.3) is 11.0 Å². The number of imide groups is 1. The van der Waals surface area contributed by atoms with Crippen LogP contribution in [0.2, 0.25) is 0 Å². The fourth-order valence-electron chi connectivity index (χ4n) is 3.23. The van der Waals surface area contributed by atoms with Crippen molar-refractivity contribution in [2.45, 2.75) is 31.9 Å². The summed E-state index contributed by atoms with van der Waals surface area (Å²) in [6.45, 7) is 1.50. The maximum absolute atomic E-state index is 12.8. The SMILES string of the molecule is CC(C#Cc1cccc2c1n(C)c(=O)n2C1CCC(=O)NC1=O)OS(C)(=O)=O. The van der Waals surface area contributed by atoms with Crippen LogP contribution in [-0.2, 0) is 30.9 Å². The van der Waals surface area contributed by atoms with Crippen LogP contribution in [-0.4, -0.2) is 41.7 Å². The van der Waals surface area contributed by atoms with E-state index in [0.717, 1.165) is 6.26 Å². The number of hydrogen-bond donors (Lipinski definition) is 1. The third-order valence-electron chi connectivity index (χ3n) is 4.35. The average molecular weight is 405 g/mol. The smallest absolute Gasteiger partial charge is 0.295 e. The van der Waals surface area contributed by atoms with Crippen molar-refractivity contribution < 1.29 is 22.2 Å². The van der Waals surface area contributed by atoms with E-state index in [1.807, 2.05) is 0 Å². The first-order valence-electron chi connectivity index (χ1n) is 8.52. The van der Waals surface area contributed by atoms with E-state index in [2.05, 4.69) is 17.2 Å². The monoisotopic (exact) mass is 405 g/mol. The van der Waals surface area contributed by atoms with Gasteiger partial charge in [0, 0.05) is 13.5 Å². The van der Waals surface area contributed by atoms with Crippen molar-refractivity contribution >= 4 is 33.0 Å². The molecule has 1 fully saturated rings. The van der Waals surface area contributed by atoms with Crippen LogP contribution in [0, 0.1) is 11.8 Å². The van der Waals surface area contributed by atoms with Crippen LogP contribution in [0.3, 0.4) is 0 Å². The van der Waals surface area contributed by atoms with Crippen molar-refractivity contribution in [1.29, 1.82) is 0 Å². The number of nitrogens with one attached hydrogen (secondary N) is 1. The predicted octanol–water partition coefficient (Wildman–Crippen LogP) is 0.0339. The molecule has 1 aromatic heterocycles. The molecule has 2 aromatic rings. The summed E-state index contributed by atoms with van der Waals surface area (Å²) in [7, 11) is -2.08. The molecule has 0 spiro atoms. The van der Waals surface area contributed by atoms with Gasteiger partial charge in [0.05, 0.1) is 22.9 Å². The zero-order valence-corrected chi connectivity index (χ0v) is 16.4. The number of carbonyl (C=O) groups excluding carboxylic acids is 2. The Morgan fingerprint density at radius 1 is 1.29 bits per heavy atom. The molecular formula is C18H19N3O6S. The Labute approximate surface area is 161 Å². The topological polar surface area (TPSA) is 116 Å². The Morgan fingerprint density at radius 3 is 2.64 bits per heavy atom. The molecule has 2 amide bonds. The molecule has 10 heteroatoms. The highest BCUT2D eigenvalue weighted by Crippen LogP contribution is 2.24. The first kappa shape index (κ1) is 19.9. The van der Waals surface area contributed by atoms with E-state index < -0.39 is 33.9 Å². The van der Waals surface area contributed by atoms with Crippen LogP contribution in [0.15, 0.2) is 23.0 Å². The van der Waals surface area contributed by atoms with Crippen molar-refractivity contribution in [3.63, 3.8) is 0 Å². The average Bonchev–Trinajstić information content (AvgIpc) is 2.84. The first-order chi connectivity index (χ1) is 13.1. The summed E-state index contributed by atoms with van der Waals surface area (Å²) >= 11 is 0. The van der Waals surface area contributed by atoms with E-state index in [0.29, 0.717) is 16.6 Å². The van der Waals surface area contributed by atoms with Crippen molar-refractivity contribution in [2.75, 3.05) is 6.26 Å². The highest BCUT2D eigenvalue weighted by atomic mass is 32.2. The van der Waals surface area contributed by atoms with E-state index in [1.165, 1.54) is 16.1 Å². The van der Waals surface area contributed by atoms with Crippen molar-refractivity contribution in [2.24, 2.45) is 7.05 Å². The minimum absolute atomic E-state index is 0.152. The third kappa shape index (κ3) is 3.85. The van der Waals surface area contributed by atoms with Gasteiger partial charge in [0.1, 0.15) is 12.1 Å². The lowest BCUT2D eigenvalue weighted by Gasteiger charge is -2.21. The summed E-state index contributed by atoms with van der Waals surface area (Å²) in [5.41, 5.74) is 1.10. The van der Waals surface area contributed by atoms with Gasteiger partial charge in [-0.05, 0) is 25.5 Å². The highest BCUT2D eigenvalue weighted by Gasteiger charge is 2.31. The third-order valence-corrected chi connectivity index (χ3v) is 4.99. The fourth-order valence-corrected chi connectivity index (χ4v) is 3.81. The largest absolute Gasteiger partial charge is 0.329 e. The lowest BCUT2D eigenvalue weighted by molar-refractivity contribution is -0.135. The number of piperidine rings is 1. The standard InChI is InChI=1S/C18H19N3O6S/c1-11(27-28(3,25)26)7-8-12-5-4-6-13-16(12)20(2)18(24)21(13)14-9-10-15(22)19-17(14)23/h4-6,11,14H,9-10H2,1-3H3,(H,19,22,23). The zero-order valence-electron chi connectivity index (χ0n) is 15.6. The minimum atomic E-state index is -3.64. The summed E-state index contributed by atoms with van der Waals surface area (Å²) < 4.78 is 29.9. The lowest BCUT2D eigenvalue weighted by Crippen LogP contribution is -2.44. The number of amides is 2. The summed E-state index contributed by atoms with van der Waals surface area (Å²) in [5, 5.41) is 2.26. The quantitative estimate of drug-likeness (QED) is 0.438. The van der Waals surface area contributed by atoms with E-state index in [9.17, 15) is 22.8 Å². The summed E-state index contributed by atoms with van der Waals surface area (Å²) in [5.74, 6) is 4.67. The van der Waals surface area contributed by atoms with Crippen molar-refractivity contribution in [3.8, 4) is 11.8 Å². The fraction of sp³-hybridized carbons (Fsp3) is 0.389. The number of benzene rings is 1. The zero-order chi connectivity index (χ0) is 20.6. The van der Waals surface area contributed by atoms with Crippen LogP contribution in [0.4, 0.5) is 0 Å². The van der Waals surface area contributed by atoms with Gasteiger partial charge in [-0.1, -0.05) is 17.9 Å². The molecule has 0 bridgehead atoms. The van der Waals surface area contributed by atoms with E-state index in [1.54, 1.807) is 25.2 Å². The van der Waals surface area contributed by atoms with Gasteiger partial charge < -0.3 is 0 Å². The Bertz CT molecular complexity index is 1200. The maximum Gasteiger partial charge on any atom is 0.329 e. The van der Waals surface area contributed by atoms with E-state index >= 15 is 0 Å². The number of imidazole rings is 1. The number of nitrogens with zero attached hydrogens (tertiary/aromatic N) is 2. The highest BCUT2D eigenvalue weighted by molar-refractivity contribution is 7.86. The van der Waals surface area contributed by atoms with Gasteiger partial charge in [0.25, 0.3) is 10.1 Å². The van der Waals surface area contributed by atoms with E-state index in [-0.39, 0.29) is 18.7 Å². The minimum Gasteiger partial charge on any atom is -0.295 e. The predicted molar refractivity (Wildman–Crippen MR) is 101 cm³/mol. The molecule has 0 saturated carbocycles. The second-order valence-corrected chi connectivity index (χ2v) is 8.16. The molecule has 9 nitrogen and oxygen atoms in total. The van der Waals surface area contributed by atoms with Gasteiger partial charge in [-0.15, -0.1) is 0 Å². The van der Waals surface area contributed by atoms with Gasteiger partial charge in [-0.3, -0.25) is 28.2 Å². The molecule has 3 rings (SSSR count). The number of fused-ring (bicyclic) bond motifs is 1. The van der Waals surface area contributed by atoms with Gasteiger partial charge in [-0.2, -0.15) is 8.42 Å². The lowest BCUT2D eigenvalue weighted by atomic mass is 10.1. The number of carbonyl (C=O) groups is 2. The van der Waals surface area contributed by atoms with Gasteiger partial charge in [0.15, 0.2) is 0 Å². The van der Waals surface area contributed by atoms with Crippen LogP contribution in [0.1, 0.15) is 31.4 Å². The molecular weight excluding hydrogens is 386 g/mol. The van der Waals surface area contributed by atoms with Crippen molar-refractivity contribution in [3.05, 3.63) is 34.2 Å². The van der Waals surface area contributed by atoms with Gasteiger partial charge in [-0.25, -0.2) is 4.79 Å². The Hall–Kier alpha value is -2.90. The molecule has 0 radical (unpaired) electrons. The second kappa shape index (κ2) is 7.26. The Balaban J connectivity index is 2.09. The number of para-hydroxylation sites is 1. The number of aryl methyl sites for hydroxylation is 1. The molecule has 2 heterocycles. The molecule has 148 valence electrons. The Kier molecular flexibility index (Phi) is 5.14. The van der Waals surface area contributed by atoms with Crippen molar-refractivity contribution in [1.82, 2.24) is 14.5 Å². The normalized spacial score (nSPS) is 18.5. The van der Waals surface area contributed by atoms with Crippen LogP contribution in [0.5, 0.6) is 0 Å². The maximum atomic E-state index is 12.8. The number of aromatic nitrogens is 2. The molecule has 2 unspecified atom stereocenters. The van der Waals surface area contributed by atoms with Crippen LogP contribution < -0.4 is 11.0 Å². The molecule has 1 N–H and O–H groups in total.